The molecule has 0 aliphatic carbocycles. The molecule has 0 saturated carbocycles. The molecular formula is C15H18ClNOS. The van der Waals surface area contributed by atoms with Gasteiger partial charge in [0, 0.05) is 27.9 Å². The van der Waals surface area contributed by atoms with Crippen LogP contribution in [-0.4, -0.2) is 18.3 Å². The molecule has 0 unspecified atom stereocenters. The maximum Gasteiger partial charge on any atom is 0.252 e. The Hall–Kier alpha value is -1.06. The van der Waals surface area contributed by atoms with E-state index in [1.54, 1.807) is 11.3 Å². The van der Waals surface area contributed by atoms with E-state index in [9.17, 15) is 4.79 Å². The number of carbonyl (C=O) groups excluding carboxylic acids is 1. The van der Waals surface area contributed by atoms with Gasteiger partial charge in [-0.2, -0.15) is 0 Å². The van der Waals surface area contributed by atoms with Gasteiger partial charge in [0.05, 0.1) is 5.56 Å². The Labute approximate surface area is 122 Å². The Balaban J connectivity index is 2.08. The zero-order chi connectivity index (χ0) is 13.9. The third-order valence-corrected chi connectivity index (χ3v) is 4.38. The molecule has 1 amide bonds. The number of carbonyl (C=O) groups is 1. The normalized spacial score (nSPS) is 11.7. The Kier molecular flexibility index (Phi) is 4.48. The highest BCUT2D eigenvalue weighted by Crippen LogP contribution is 2.26. The standard InChI is InChI=1S/C15H18ClNOS/c1-15(2,7-8-16)10-17-14(18)12-9-19-13-6-4-3-5-11(12)13/h3-6,9H,7-8,10H2,1-2H3,(H,17,18). The number of thiophene rings is 1. The molecule has 1 aromatic carbocycles. The quantitative estimate of drug-likeness (QED) is 0.819. The van der Waals surface area contributed by atoms with Crippen molar-refractivity contribution in [2.24, 2.45) is 5.41 Å². The van der Waals surface area contributed by atoms with E-state index in [1.807, 2.05) is 29.6 Å². The summed E-state index contributed by atoms with van der Waals surface area (Å²) in [5, 5.41) is 5.96. The molecule has 0 saturated heterocycles. The average molecular weight is 296 g/mol. The van der Waals surface area contributed by atoms with E-state index in [-0.39, 0.29) is 11.3 Å². The number of alkyl halides is 1. The third kappa shape index (κ3) is 3.48. The third-order valence-electron chi connectivity index (χ3n) is 3.22. The summed E-state index contributed by atoms with van der Waals surface area (Å²) in [5.74, 6) is 0.615. The Morgan fingerprint density at radius 3 is 2.84 bits per heavy atom. The van der Waals surface area contributed by atoms with E-state index in [0.717, 1.165) is 22.1 Å². The highest BCUT2D eigenvalue weighted by Gasteiger charge is 2.19. The molecule has 0 spiro atoms. The van der Waals surface area contributed by atoms with E-state index in [1.165, 1.54) is 0 Å². The minimum Gasteiger partial charge on any atom is -0.351 e. The highest BCUT2D eigenvalue weighted by atomic mass is 35.5. The molecule has 1 heterocycles. The van der Waals surface area contributed by atoms with E-state index in [0.29, 0.717) is 12.4 Å². The van der Waals surface area contributed by atoms with Gasteiger partial charge >= 0.3 is 0 Å². The van der Waals surface area contributed by atoms with Crippen LogP contribution in [0, 0.1) is 5.41 Å². The molecule has 0 fully saturated rings. The summed E-state index contributed by atoms with van der Waals surface area (Å²) >= 11 is 7.37. The number of nitrogens with one attached hydrogen (secondary N) is 1. The second kappa shape index (κ2) is 5.93. The summed E-state index contributed by atoms with van der Waals surface area (Å²) < 4.78 is 1.15. The lowest BCUT2D eigenvalue weighted by molar-refractivity contribution is 0.0938. The van der Waals surface area contributed by atoms with Crippen molar-refractivity contribution in [1.82, 2.24) is 5.32 Å². The first-order valence-corrected chi connectivity index (χ1v) is 7.75. The molecule has 19 heavy (non-hydrogen) atoms. The van der Waals surface area contributed by atoms with E-state index in [2.05, 4.69) is 19.2 Å². The van der Waals surface area contributed by atoms with Crippen molar-refractivity contribution in [3.8, 4) is 0 Å². The molecule has 1 N–H and O–H groups in total. The van der Waals surface area contributed by atoms with E-state index >= 15 is 0 Å². The Bertz CT molecular complexity index is 576. The molecule has 2 rings (SSSR count). The second-order valence-corrected chi connectivity index (χ2v) is 6.72. The number of halogens is 1. The Morgan fingerprint density at radius 2 is 2.11 bits per heavy atom. The van der Waals surface area contributed by atoms with Crippen LogP contribution in [0.5, 0.6) is 0 Å². The summed E-state index contributed by atoms with van der Waals surface area (Å²) in [6, 6.07) is 7.98. The lowest BCUT2D eigenvalue weighted by Gasteiger charge is -2.23. The van der Waals surface area contributed by atoms with Crippen molar-refractivity contribution in [1.29, 1.82) is 0 Å². The second-order valence-electron chi connectivity index (χ2n) is 5.43. The monoisotopic (exact) mass is 295 g/mol. The van der Waals surface area contributed by atoms with E-state index in [4.69, 9.17) is 11.6 Å². The van der Waals surface area contributed by atoms with Gasteiger partial charge in [0.25, 0.3) is 5.91 Å². The zero-order valence-electron chi connectivity index (χ0n) is 11.2. The SMILES string of the molecule is CC(C)(CCCl)CNC(=O)c1csc2ccccc12. The van der Waals surface area contributed by atoms with Gasteiger partial charge in [0.15, 0.2) is 0 Å². The molecule has 0 radical (unpaired) electrons. The van der Waals surface area contributed by atoms with Crippen LogP contribution in [0.1, 0.15) is 30.6 Å². The van der Waals surface area contributed by atoms with Crippen molar-refractivity contribution in [2.45, 2.75) is 20.3 Å². The summed E-state index contributed by atoms with van der Waals surface area (Å²) in [5.41, 5.74) is 0.797. The van der Waals surface area contributed by atoms with Gasteiger partial charge in [0.1, 0.15) is 0 Å². The fourth-order valence-corrected chi connectivity index (χ4v) is 3.37. The summed E-state index contributed by atoms with van der Waals surface area (Å²) in [7, 11) is 0. The van der Waals surface area contributed by atoms with Crippen LogP contribution in [0.2, 0.25) is 0 Å². The number of hydrogen-bond donors (Lipinski definition) is 1. The van der Waals surface area contributed by atoms with Crippen molar-refractivity contribution in [2.75, 3.05) is 12.4 Å². The van der Waals surface area contributed by atoms with Crippen LogP contribution >= 0.6 is 22.9 Å². The number of benzene rings is 1. The van der Waals surface area contributed by atoms with Gasteiger partial charge in [0.2, 0.25) is 0 Å². The van der Waals surface area contributed by atoms with Crippen LogP contribution in [0.25, 0.3) is 10.1 Å². The Morgan fingerprint density at radius 1 is 1.37 bits per heavy atom. The first-order chi connectivity index (χ1) is 9.03. The molecule has 102 valence electrons. The highest BCUT2D eigenvalue weighted by molar-refractivity contribution is 7.17. The molecule has 0 aliphatic heterocycles. The minimum absolute atomic E-state index is 0.0000902. The van der Waals surface area contributed by atoms with Crippen molar-refractivity contribution < 1.29 is 4.79 Å². The number of rotatable bonds is 5. The molecular weight excluding hydrogens is 278 g/mol. The van der Waals surface area contributed by atoms with Gasteiger partial charge in [-0.25, -0.2) is 0 Å². The summed E-state index contributed by atoms with van der Waals surface area (Å²) in [4.78, 5) is 12.2. The first kappa shape index (κ1) is 14.4. The fraction of sp³-hybridized carbons (Fsp3) is 0.400. The van der Waals surface area contributed by atoms with Gasteiger partial charge in [-0.1, -0.05) is 32.0 Å². The van der Waals surface area contributed by atoms with E-state index < -0.39 is 0 Å². The molecule has 0 aliphatic rings. The predicted molar refractivity (Wildman–Crippen MR) is 83.3 cm³/mol. The topological polar surface area (TPSA) is 29.1 Å². The summed E-state index contributed by atoms with van der Waals surface area (Å²) in [6.07, 6.45) is 0.888. The molecule has 4 heteroatoms. The van der Waals surface area contributed by atoms with Crippen molar-refractivity contribution in [3.05, 3.63) is 35.2 Å². The largest absolute Gasteiger partial charge is 0.351 e. The van der Waals surface area contributed by atoms with Gasteiger partial charge in [-0.15, -0.1) is 22.9 Å². The molecule has 0 atom stereocenters. The lowest BCUT2D eigenvalue weighted by Crippen LogP contribution is -2.34. The van der Waals surface area contributed by atoms with Gasteiger partial charge < -0.3 is 5.32 Å². The average Bonchev–Trinajstić information content (AvgIpc) is 2.80. The zero-order valence-corrected chi connectivity index (χ0v) is 12.8. The fourth-order valence-electron chi connectivity index (χ4n) is 1.91. The molecule has 2 aromatic rings. The molecule has 1 aromatic heterocycles. The maximum atomic E-state index is 12.2. The first-order valence-electron chi connectivity index (χ1n) is 6.34. The summed E-state index contributed by atoms with van der Waals surface area (Å²) in [6.45, 7) is 4.87. The molecule has 0 bridgehead atoms. The predicted octanol–water partition coefficient (Wildman–Crippen LogP) is 4.29. The van der Waals surface area contributed by atoms with Crippen LogP contribution in [-0.2, 0) is 0 Å². The van der Waals surface area contributed by atoms with Crippen molar-refractivity contribution >= 4 is 38.9 Å². The maximum absolute atomic E-state index is 12.2. The van der Waals surface area contributed by atoms with Crippen molar-refractivity contribution in [3.63, 3.8) is 0 Å². The van der Waals surface area contributed by atoms with Crippen LogP contribution in [0.4, 0.5) is 0 Å². The smallest absolute Gasteiger partial charge is 0.252 e. The van der Waals surface area contributed by atoms with Crippen LogP contribution in [0.15, 0.2) is 29.6 Å². The lowest BCUT2D eigenvalue weighted by atomic mass is 9.90. The van der Waals surface area contributed by atoms with Crippen LogP contribution in [0.3, 0.4) is 0 Å². The molecule has 2 nitrogen and oxygen atoms in total. The number of hydrogen-bond acceptors (Lipinski definition) is 2. The van der Waals surface area contributed by atoms with Crippen LogP contribution < -0.4 is 5.32 Å². The van der Waals surface area contributed by atoms with Gasteiger partial charge in [-0.3, -0.25) is 4.79 Å². The number of fused-ring (bicyclic) bond motifs is 1. The number of amides is 1. The minimum atomic E-state index is 0.0000902. The van der Waals surface area contributed by atoms with Gasteiger partial charge in [-0.05, 0) is 17.9 Å².